The normalized spacial score (nSPS) is 11.8. The molecule has 52 heavy (non-hydrogen) atoms. The number of benzene rings is 7. The Morgan fingerprint density at radius 3 is 1.63 bits per heavy atom. The zero-order valence-electron chi connectivity index (χ0n) is 27.6. The van der Waals surface area contributed by atoms with Gasteiger partial charge in [0.1, 0.15) is 22.3 Å². The maximum atomic E-state index is 6.39. The van der Waals surface area contributed by atoms with Crippen molar-refractivity contribution in [3.05, 3.63) is 158 Å². The van der Waals surface area contributed by atoms with Crippen LogP contribution in [0.15, 0.2) is 167 Å². The van der Waals surface area contributed by atoms with E-state index in [9.17, 15) is 0 Å². The van der Waals surface area contributed by atoms with Crippen molar-refractivity contribution < 1.29 is 8.83 Å². The highest BCUT2D eigenvalue weighted by Gasteiger charge is 2.20. The van der Waals surface area contributed by atoms with E-state index in [1.807, 2.05) is 72.8 Å². The van der Waals surface area contributed by atoms with E-state index < -0.39 is 0 Å². The highest BCUT2D eigenvalue weighted by atomic mass is 16.3. The Bertz CT molecular complexity index is 3180. The molecular formula is C46H26N4O2. The number of furan rings is 2. The summed E-state index contributed by atoms with van der Waals surface area (Å²) in [4.78, 5) is 20.4. The average Bonchev–Trinajstić information content (AvgIpc) is 3.79. The molecule has 0 unspecified atom stereocenters. The second-order valence-electron chi connectivity index (χ2n) is 13.0. The highest BCUT2D eigenvalue weighted by Crippen LogP contribution is 2.42. The van der Waals surface area contributed by atoms with E-state index in [1.54, 1.807) is 0 Å². The minimum atomic E-state index is 0.567. The first-order valence-corrected chi connectivity index (χ1v) is 17.2. The first-order valence-electron chi connectivity index (χ1n) is 17.2. The van der Waals surface area contributed by atoms with E-state index in [-0.39, 0.29) is 0 Å². The third-order valence-electron chi connectivity index (χ3n) is 9.91. The van der Waals surface area contributed by atoms with E-state index in [4.69, 9.17) is 28.8 Å². The molecule has 0 aliphatic carbocycles. The Labute approximate surface area is 296 Å². The Balaban J connectivity index is 1.18. The molecule has 0 aliphatic heterocycles. The summed E-state index contributed by atoms with van der Waals surface area (Å²) in [5.74, 6) is 1.73. The van der Waals surface area contributed by atoms with Gasteiger partial charge >= 0.3 is 0 Å². The molecule has 242 valence electrons. The monoisotopic (exact) mass is 666 g/mol. The topological polar surface area (TPSA) is 77.8 Å². The van der Waals surface area contributed by atoms with Crippen LogP contribution in [0.25, 0.3) is 111 Å². The fraction of sp³-hybridized carbons (Fsp3) is 0. The van der Waals surface area contributed by atoms with Crippen LogP contribution in [0.5, 0.6) is 0 Å². The molecule has 0 amide bonds. The van der Waals surface area contributed by atoms with Crippen molar-refractivity contribution in [3.8, 4) is 45.4 Å². The largest absolute Gasteiger partial charge is 0.456 e. The van der Waals surface area contributed by atoms with Gasteiger partial charge in [-0.3, -0.25) is 0 Å². The summed E-state index contributed by atoms with van der Waals surface area (Å²) in [5.41, 5.74) is 8.80. The number of hydrogen-bond donors (Lipinski definition) is 0. The van der Waals surface area contributed by atoms with Crippen molar-refractivity contribution in [3.63, 3.8) is 0 Å². The molecule has 0 bridgehead atoms. The van der Waals surface area contributed by atoms with Crippen LogP contribution in [0.2, 0.25) is 0 Å². The summed E-state index contributed by atoms with van der Waals surface area (Å²) in [7, 11) is 0. The first-order chi connectivity index (χ1) is 25.7. The summed E-state index contributed by atoms with van der Waals surface area (Å²) in [6.45, 7) is 0. The summed E-state index contributed by atoms with van der Waals surface area (Å²) < 4.78 is 12.6. The first kappa shape index (κ1) is 28.6. The highest BCUT2D eigenvalue weighted by molar-refractivity contribution is 6.28. The van der Waals surface area contributed by atoms with Crippen LogP contribution in [-0.2, 0) is 0 Å². The van der Waals surface area contributed by atoms with Gasteiger partial charge in [-0.25, -0.2) is 19.9 Å². The summed E-state index contributed by atoms with van der Waals surface area (Å²) >= 11 is 0. The van der Waals surface area contributed by atoms with Crippen LogP contribution in [0.4, 0.5) is 0 Å². The standard InChI is InChI=1S/C46H26N4O2/c1-3-11-27(12-4-1)43-34-22-24-39-42(33-16-8-10-18-38(33)51-39)41(34)35-25-29(20-23-36(35)47-43)45-48-44(28-13-5-2-6-14-28)49-46(50-45)30-19-21-32-31-15-7-9-17-37(31)52-40(32)26-30/h1-26H. The molecular weight excluding hydrogens is 641 g/mol. The van der Waals surface area contributed by atoms with Gasteiger partial charge in [0.2, 0.25) is 0 Å². The second kappa shape index (κ2) is 11.2. The van der Waals surface area contributed by atoms with E-state index in [0.717, 1.165) is 93.5 Å². The summed E-state index contributed by atoms with van der Waals surface area (Å²) in [6.07, 6.45) is 0. The van der Waals surface area contributed by atoms with Crippen molar-refractivity contribution >= 4 is 65.6 Å². The quantitative estimate of drug-likeness (QED) is 0.174. The fourth-order valence-electron chi connectivity index (χ4n) is 7.48. The molecule has 4 heterocycles. The third kappa shape index (κ3) is 4.44. The summed E-state index contributed by atoms with van der Waals surface area (Å²) in [5, 5.41) is 7.40. The van der Waals surface area contributed by atoms with Gasteiger partial charge in [-0.2, -0.15) is 0 Å². The SMILES string of the molecule is c1ccc(-c2nc(-c3ccc4c(c3)oc3ccccc34)nc(-c3ccc4nc(-c5ccccc5)c5ccc6oc7ccccc7c6c5c4c3)n2)cc1. The van der Waals surface area contributed by atoms with Crippen molar-refractivity contribution in [2.24, 2.45) is 0 Å². The predicted molar refractivity (Wildman–Crippen MR) is 209 cm³/mol. The Morgan fingerprint density at radius 1 is 0.308 bits per heavy atom. The molecule has 0 aliphatic rings. The molecule has 0 saturated heterocycles. The number of hydrogen-bond acceptors (Lipinski definition) is 6. The van der Waals surface area contributed by atoms with Crippen molar-refractivity contribution in [2.75, 3.05) is 0 Å². The molecule has 0 spiro atoms. The van der Waals surface area contributed by atoms with Crippen LogP contribution in [0.3, 0.4) is 0 Å². The van der Waals surface area contributed by atoms with Crippen LogP contribution >= 0.6 is 0 Å². The van der Waals surface area contributed by atoms with Gasteiger partial charge < -0.3 is 8.83 Å². The minimum absolute atomic E-state index is 0.567. The molecule has 0 N–H and O–H groups in total. The lowest BCUT2D eigenvalue weighted by Crippen LogP contribution is -2.00. The second-order valence-corrected chi connectivity index (χ2v) is 13.0. The zero-order chi connectivity index (χ0) is 34.2. The maximum Gasteiger partial charge on any atom is 0.164 e. The molecule has 6 nitrogen and oxygen atoms in total. The number of para-hydroxylation sites is 2. The van der Waals surface area contributed by atoms with E-state index >= 15 is 0 Å². The smallest absolute Gasteiger partial charge is 0.164 e. The minimum Gasteiger partial charge on any atom is -0.456 e. The number of fused-ring (bicyclic) bond motifs is 10. The van der Waals surface area contributed by atoms with Gasteiger partial charge in [0, 0.05) is 60.0 Å². The van der Waals surface area contributed by atoms with E-state index in [1.165, 1.54) is 0 Å². The molecule has 4 aromatic heterocycles. The molecule has 0 saturated carbocycles. The van der Waals surface area contributed by atoms with Gasteiger partial charge in [0.25, 0.3) is 0 Å². The van der Waals surface area contributed by atoms with Crippen molar-refractivity contribution in [1.82, 2.24) is 19.9 Å². The van der Waals surface area contributed by atoms with Crippen LogP contribution in [0, 0.1) is 0 Å². The molecule has 0 radical (unpaired) electrons. The third-order valence-corrected chi connectivity index (χ3v) is 9.91. The van der Waals surface area contributed by atoms with Gasteiger partial charge in [-0.1, -0.05) is 103 Å². The number of nitrogens with zero attached hydrogens (tertiary/aromatic N) is 4. The Kier molecular flexibility index (Phi) is 6.15. The molecule has 0 atom stereocenters. The fourth-order valence-corrected chi connectivity index (χ4v) is 7.48. The number of rotatable bonds is 4. The van der Waals surface area contributed by atoms with Gasteiger partial charge in [0.05, 0.1) is 11.2 Å². The van der Waals surface area contributed by atoms with Crippen molar-refractivity contribution in [1.29, 1.82) is 0 Å². The Hall–Kier alpha value is -7.18. The molecule has 11 rings (SSSR count). The number of pyridine rings is 1. The van der Waals surface area contributed by atoms with Gasteiger partial charge in [-0.05, 0) is 54.6 Å². The van der Waals surface area contributed by atoms with Crippen LogP contribution < -0.4 is 0 Å². The summed E-state index contributed by atoms with van der Waals surface area (Å²) in [6, 6.07) is 53.3. The van der Waals surface area contributed by atoms with Gasteiger partial charge in [-0.15, -0.1) is 0 Å². The molecule has 7 aromatic carbocycles. The lowest BCUT2D eigenvalue weighted by molar-refractivity contribution is 0.668. The average molecular weight is 667 g/mol. The predicted octanol–water partition coefficient (Wildman–Crippen LogP) is 12.0. The van der Waals surface area contributed by atoms with Crippen LogP contribution in [-0.4, -0.2) is 19.9 Å². The molecule has 6 heteroatoms. The van der Waals surface area contributed by atoms with E-state index in [2.05, 4.69) is 84.9 Å². The maximum absolute atomic E-state index is 6.39. The lowest BCUT2D eigenvalue weighted by Gasteiger charge is -2.13. The lowest BCUT2D eigenvalue weighted by atomic mass is 9.95. The van der Waals surface area contributed by atoms with Crippen LogP contribution in [0.1, 0.15) is 0 Å². The van der Waals surface area contributed by atoms with Gasteiger partial charge in [0.15, 0.2) is 17.5 Å². The zero-order valence-corrected chi connectivity index (χ0v) is 27.6. The Morgan fingerprint density at radius 2 is 0.865 bits per heavy atom. The van der Waals surface area contributed by atoms with E-state index in [0.29, 0.717) is 17.5 Å². The number of aromatic nitrogens is 4. The molecule has 11 aromatic rings. The van der Waals surface area contributed by atoms with Crippen molar-refractivity contribution in [2.45, 2.75) is 0 Å². The molecule has 0 fully saturated rings.